The maximum absolute atomic E-state index is 11.8. The molecule has 0 aliphatic heterocycles. The summed E-state index contributed by atoms with van der Waals surface area (Å²) in [5, 5.41) is 0. The maximum Gasteiger partial charge on any atom is 0.342 e. The number of carbonyl (C=O) groups is 1. The van der Waals surface area contributed by atoms with Crippen LogP contribution in [0.5, 0.6) is 0 Å². The van der Waals surface area contributed by atoms with E-state index in [0.717, 1.165) is 0 Å². The zero-order valence-corrected chi connectivity index (χ0v) is 6.73. The van der Waals surface area contributed by atoms with Gasteiger partial charge in [-0.2, -0.15) is 8.78 Å². The van der Waals surface area contributed by atoms with Crippen LogP contribution >= 0.6 is 0 Å². The number of esters is 1. The Morgan fingerprint density at radius 3 is 2.17 bits per heavy atom. The van der Waals surface area contributed by atoms with Gasteiger partial charge in [0.15, 0.2) is 0 Å². The Labute approximate surface area is 68.0 Å². The molecule has 70 valence electrons. The molecule has 0 N–H and O–H groups in total. The van der Waals surface area contributed by atoms with Gasteiger partial charge in [0.25, 0.3) is 6.08 Å². The predicted molar refractivity (Wildman–Crippen MR) is 36.4 cm³/mol. The fourth-order valence-electron chi connectivity index (χ4n) is 0.467. The van der Waals surface area contributed by atoms with E-state index in [-0.39, 0.29) is 0 Å². The van der Waals surface area contributed by atoms with E-state index in [9.17, 15) is 18.0 Å². The molecule has 0 atom stereocenters. The number of alkyl halides is 1. The van der Waals surface area contributed by atoms with Crippen LogP contribution in [-0.2, 0) is 9.53 Å². The van der Waals surface area contributed by atoms with Gasteiger partial charge in [0, 0.05) is 0 Å². The zero-order valence-electron chi connectivity index (χ0n) is 6.73. The van der Waals surface area contributed by atoms with Crippen LogP contribution in [0.2, 0.25) is 0 Å². The van der Waals surface area contributed by atoms with E-state index in [1.807, 2.05) is 0 Å². The molecule has 0 aliphatic carbocycles. The van der Waals surface area contributed by atoms with Crippen LogP contribution in [0, 0.1) is 0 Å². The molecule has 0 spiro atoms. The van der Waals surface area contributed by atoms with Crippen molar-refractivity contribution in [2.24, 2.45) is 0 Å². The van der Waals surface area contributed by atoms with E-state index in [1.54, 1.807) is 0 Å². The molecule has 0 amide bonds. The topological polar surface area (TPSA) is 26.3 Å². The van der Waals surface area contributed by atoms with E-state index in [2.05, 4.69) is 4.74 Å². The third-order valence-corrected chi connectivity index (χ3v) is 0.951. The third-order valence-electron chi connectivity index (χ3n) is 0.951. The second kappa shape index (κ2) is 4.79. The summed E-state index contributed by atoms with van der Waals surface area (Å²) in [5.74, 6) is -1.30. The van der Waals surface area contributed by atoms with Gasteiger partial charge in [-0.05, 0) is 13.8 Å². The first-order valence-corrected chi connectivity index (χ1v) is 3.30. The van der Waals surface area contributed by atoms with Crippen LogP contribution < -0.4 is 0 Å². The van der Waals surface area contributed by atoms with E-state index >= 15 is 0 Å². The molecule has 2 nitrogen and oxygen atoms in total. The molecule has 0 aromatic heterocycles. The minimum Gasteiger partial charge on any atom is -0.459 e. The Bertz CT molecular complexity index is 195. The molecule has 5 heteroatoms. The Hall–Kier alpha value is -1.00. The van der Waals surface area contributed by atoms with Crippen molar-refractivity contribution in [3.05, 3.63) is 11.7 Å². The van der Waals surface area contributed by atoms with Crippen molar-refractivity contribution in [1.82, 2.24) is 0 Å². The normalized spacial score (nSPS) is 9.83. The van der Waals surface area contributed by atoms with Crippen molar-refractivity contribution in [3.63, 3.8) is 0 Å². The second-order valence-corrected chi connectivity index (χ2v) is 2.33. The highest BCUT2D eigenvalue weighted by atomic mass is 19.3. The molecule has 0 rings (SSSR count). The highest BCUT2D eigenvalue weighted by Crippen LogP contribution is 2.11. The zero-order chi connectivity index (χ0) is 9.72. The van der Waals surface area contributed by atoms with Gasteiger partial charge in [0.05, 0.1) is 6.10 Å². The largest absolute Gasteiger partial charge is 0.459 e. The number of carbonyl (C=O) groups excluding carboxylic acids is 1. The molecule has 0 radical (unpaired) electrons. The van der Waals surface area contributed by atoms with Gasteiger partial charge in [-0.15, -0.1) is 0 Å². The van der Waals surface area contributed by atoms with Gasteiger partial charge in [-0.1, -0.05) is 0 Å². The van der Waals surface area contributed by atoms with Crippen molar-refractivity contribution in [1.29, 1.82) is 0 Å². The first kappa shape index (κ1) is 11.0. The SMILES string of the molecule is CC(C)OC(=O)C(CF)=C(F)F. The summed E-state index contributed by atoms with van der Waals surface area (Å²) in [6.07, 6.45) is -2.86. The summed E-state index contributed by atoms with van der Waals surface area (Å²) in [6.45, 7) is 1.47. The summed E-state index contributed by atoms with van der Waals surface area (Å²) < 4.78 is 39.6. The second-order valence-electron chi connectivity index (χ2n) is 2.33. The van der Waals surface area contributed by atoms with Crippen molar-refractivity contribution in [2.75, 3.05) is 6.67 Å². The number of hydrogen-bond acceptors (Lipinski definition) is 2. The van der Waals surface area contributed by atoms with Crippen molar-refractivity contribution >= 4 is 5.97 Å². The smallest absolute Gasteiger partial charge is 0.342 e. The molecule has 12 heavy (non-hydrogen) atoms. The fraction of sp³-hybridized carbons (Fsp3) is 0.571. The minimum atomic E-state index is -2.33. The monoisotopic (exact) mass is 182 g/mol. The van der Waals surface area contributed by atoms with E-state index in [4.69, 9.17) is 0 Å². The molecule has 0 unspecified atom stereocenters. The van der Waals surface area contributed by atoms with E-state index < -0.39 is 30.4 Å². The molecule has 0 aliphatic rings. The number of hydrogen-bond donors (Lipinski definition) is 0. The van der Waals surface area contributed by atoms with Gasteiger partial charge in [0.2, 0.25) is 0 Å². The van der Waals surface area contributed by atoms with Gasteiger partial charge in [-0.3, -0.25) is 0 Å². The Morgan fingerprint density at radius 2 is 1.92 bits per heavy atom. The first-order valence-electron chi connectivity index (χ1n) is 3.30. The number of rotatable bonds is 3. The first-order chi connectivity index (χ1) is 5.49. The van der Waals surface area contributed by atoms with Gasteiger partial charge < -0.3 is 4.74 Å². The average molecular weight is 182 g/mol. The fourth-order valence-corrected chi connectivity index (χ4v) is 0.467. The molecule has 0 saturated carbocycles. The van der Waals surface area contributed by atoms with Gasteiger partial charge in [-0.25, -0.2) is 9.18 Å². The summed E-state index contributed by atoms with van der Waals surface area (Å²) in [6, 6.07) is 0. The molecule has 0 heterocycles. The van der Waals surface area contributed by atoms with Crippen LogP contribution in [0.4, 0.5) is 13.2 Å². The Morgan fingerprint density at radius 1 is 1.42 bits per heavy atom. The van der Waals surface area contributed by atoms with Crippen LogP contribution in [0.15, 0.2) is 11.7 Å². The molecule has 0 aromatic rings. The van der Waals surface area contributed by atoms with Crippen molar-refractivity contribution in [2.45, 2.75) is 20.0 Å². The molecule has 0 bridgehead atoms. The van der Waals surface area contributed by atoms with Crippen LogP contribution in [0.1, 0.15) is 13.8 Å². The van der Waals surface area contributed by atoms with Gasteiger partial charge >= 0.3 is 5.97 Å². The maximum atomic E-state index is 11.8. The van der Waals surface area contributed by atoms with Crippen LogP contribution in [-0.4, -0.2) is 18.7 Å². The Balaban J connectivity index is 4.35. The molecular formula is C7H9F3O2. The molecule has 0 saturated heterocycles. The Kier molecular flexibility index (Phi) is 4.39. The lowest BCUT2D eigenvalue weighted by Crippen LogP contribution is -2.15. The predicted octanol–water partition coefficient (Wildman–Crippen LogP) is 2.06. The summed E-state index contributed by atoms with van der Waals surface area (Å²) in [7, 11) is 0. The lowest BCUT2D eigenvalue weighted by atomic mass is 10.3. The summed E-state index contributed by atoms with van der Waals surface area (Å²) in [4.78, 5) is 10.6. The van der Waals surface area contributed by atoms with E-state index in [1.165, 1.54) is 13.8 Å². The summed E-state index contributed by atoms with van der Waals surface area (Å²) >= 11 is 0. The highest BCUT2D eigenvalue weighted by molar-refractivity contribution is 5.89. The third kappa shape index (κ3) is 3.41. The molecule has 0 aromatic carbocycles. The van der Waals surface area contributed by atoms with Gasteiger partial charge in [0.1, 0.15) is 12.2 Å². The van der Waals surface area contributed by atoms with Crippen molar-refractivity contribution < 1.29 is 22.7 Å². The van der Waals surface area contributed by atoms with E-state index in [0.29, 0.717) is 0 Å². The summed E-state index contributed by atoms with van der Waals surface area (Å²) in [5.41, 5.74) is -1.20. The average Bonchev–Trinajstić information content (AvgIpc) is 1.85. The van der Waals surface area contributed by atoms with Crippen molar-refractivity contribution in [3.8, 4) is 0 Å². The lowest BCUT2D eigenvalue weighted by molar-refractivity contribution is -0.143. The van der Waals surface area contributed by atoms with Crippen LogP contribution in [0.3, 0.4) is 0 Å². The number of halogens is 3. The van der Waals surface area contributed by atoms with Crippen LogP contribution in [0.25, 0.3) is 0 Å². The minimum absolute atomic E-state index is 0.529. The standard InChI is InChI=1S/C7H9F3O2/c1-4(2)12-7(11)5(3-8)6(9)10/h4H,3H2,1-2H3. The lowest BCUT2D eigenvalue weighted by Gasteiger charge is -2.07. The number of ether oxygens (including phenoxy) is 1. The quantitative estimate of drug-likeness (QED) is 0.493. The molecular weight excluding hydrogens is 173 g/mol. The highest BCUT2D eigenvalue weighted by Gasteiger charge is 2.18. The molecule has 0 fully saturated rings.